The first kappa shape index (κ1) is 14.0. The number of nitrogens with zero attached hydrogens (tertiary/aromatic N) is 3. The monoisotopic (exact) mass is 265 g/mol. The molecule has 0 radical (unpaired) electrons. The Bertz CT molecular complexity index is 610. The van der Waals surface area contributed by atoms with Gasteiger partial charge in [0, 0.05) is 14.1 Å². The predicted molar refractivity (Wildman–Crippen MR) is 84.8 cm³/mol. The van der Waals surface area contributed by atoms with Gasteiger partial charge in [0.05, 0.1) is 5.69 Å². The van der Waals surface area contributed by atoms with E-state index in [1.165, 1.54) is 11.1 Å². The van der Waals surface area contributed by atoms with Crippen molar-refractivity contribution in [3.63, 3.8) is 0 Å². The molecule has 0 unspecified atom stereocenters. The van der Waals surface area contributed by atoms with Crippen LogP contribution in [0.4, 0.5) is 5.69 Å². The zero-order chi connectivity index (χ0) is 14.4. The summed E-state index contributed by atoms with van der Waals surface area (Å²) in [5, 5.41) is 9.75. The highest BCUT2D eigenvalue weighted by Gasteiger charge is 1.93. The number of rotatable bonds is 4. The molecule has 0 fully saturated rings. The Balaban J connectivity index is 2.09. The Morgan fingerprint density at radius 1 is 0.900 bits per heavy atom. The van der Waals surface area contributed by atoms with Gasteiger partial charge in [0.15, 0.2) is 0 Å². The fourth-order valence-corrected chi connectivity index (χ4v) is 1.75. The normalized spacial score (nSPS) is 11.3. The van der Waals surface area contributed by atoms with Crippen molar-refractivity contribution in [3.05, 3.63) is 65.2 Å². The molecular formula is C17H19N3. The Morgan fingerprint density at radius 3 is 2.25 bits per heavy atom. The van der Waals surface area contributed by atoms with Crippen LogP contribution in [0.25, 0.3) is 12.2 Å². The molecule has 0 heterocycles. The summed E-state index contributed by atoms with van der Waals surface area (Å²) in [6.45, 7) is 2.12. The third-order valence-electron chi connectivity index (χ3n) is 2.88. The molecule has 0 spiro atoms. The van der Waals surface area contributed by atoms with E-state index < -0.39 is 0 Å². The van der Waals surface area contributed by atoms with E-state index in [0.29, 0.717) is 0 Å². The van der Waals surface area contributed by atoms with Gasteiger partial charge in [-0.25, -0.2) is 0 Å². The Kier molecular flexibility index (Phi) is 4.66. The molecule has 102 valence electrons. The van der Waals surface area contributed by atoms with Crippen molar-refractivity contribution in [1.29, 1.82) is 0 Å². The number of aryl methyl sites for hydroxylation is 1. The second-order valence-electron chi connectivity index (χ2n) is 4.82. The van der Waals surface area contributed by atoms with Crippen LogP contribution in [-0.4, -0.2) is 19.1 Å². The van der Waals surface area contributed by atoms with Crippen molar-refractivity contribution >= 4 is 17.8 Å². The van der Waals surface area contributed by atoms with Crippen molar-refractivity contribution < 1.29 is 0 Å². The van der Waals surface area contributed by atoms with Gasteiger partial charge in [0.2, 0.25) is 0 Å². The van der Waals surface area contributed by atoms with E-state index in [0.717, 1.165) is 11.3 Å². The average Bonchev–Trinajstić information content (AvgIpc) is 2.45. The molecule has 0 atom stereocenters. The number of hydrogen-bond donors (Lipinski definition) is 0. The van der Waals surface area contributed by atoms with Gasteiger partial charge in [-0.15, -0.1) is 5.11 Å². The number of hydrogen-bond acceptors (Lipinski definition) is 2. The molecule has 0 bridgehead atoms. The lowest BCUT2D eigenvalue weighted by Crippen LogP contribution is -1.98. The summed E-state index contributed by atoms with van der Waals surface area (Å²) in [6, 6.07) is 16.3. The average molecular weight is 265 g/mol. The van der Waals surface area contributed by atoms with Crippen molar-refractivity contribution in [2.75, 3.05) is 14.1 Å². The van der Waals surface area contributed by atoms with Gasteiger partial charge in [-0.1, -0.05) is 53.8 Å². The van der Waals surface area contributed by atoms with E-state index in [9.17, 15) is 0 Å². The lowest BCUT2D eigenvalue weighted by Gasteiger charge is -2.01. The molecule has 2 aromatic rings. The minimum Gasteiger partial charge on any atom is -0.285 e. The molecule has 0 aliphatic carbocycles. The summed E-state index contributed by atoms with van der Waals surface area (Å²) >= 11 is 0. The van der Waals surface area contributed by atoms with Crippen LogP contribution >= 0.6 is 0 Å². The van der Waals surface area contributed by atoms with E-state index in [1.54, 1.807) is 5.01 Å². The predicted octanol–water partition coefficient (Wildman–Crippen LogP) is 4.73. The first-order valence-corrected chi connectivity index (χ1v) is 6.58. The Morgan fingerprint density at radius 2 is 1.60 bits per heavy atom. The van der Waals surface area contributed by atoms with E-state index in [1.807, 2.05) is 38.4 Å². The fraction of sp³-hybridized carbons (Fsp3) is 0.176. The smallest absolute Gasteiger partial charge is 0.0874 e. The van der Waals surface area contributed by atoms with Crippen LogP contribution in [-0.2, 0) is 0 Å². The van der Waals surface area contributed by atoms with Crippen LogP contribution in [0.3, 0.4) is 0 Å². The summed E-state index contributed by atoms with van der Waals surface area (Å²) in [7, 11) is 3.70. The van der Waals surface area contributed by atoms with Gasteiger partial charge in [-0.2, -0.15) is 0 Å². The van der Waals surface area contributed by atoms with Crippen molar-refractivity contribution in [2.24, 2.45) is 10.3 Å². The molecule has 20 heavy (non-hydrogen) atoms. The molecule has 2 rings (SSSR count). The highest BCUT2D eigenvalue weighted by molar-refractivity contribution is 5.71. The van der Waals surface area contributed by atoms with E-state index in [-0.39, 0.29) is 0 Å². The fourth-order valence-electron chi connectivity index (χ4n) is 1.75. The maximum atomic E-state index is 4.11. The molecule has 0 saturated carbocycles. The number of benzene rings is 2. The maximum Gasteiger partial charge on any atom is 0.0874 e. The molecule has 0 aliphatic rings. The van der Waals surface area contributed by atoms with E-state index in [4.69, 9.17) is 0 Å². The van der Waals surface area contributed by atoms with Gasteiger partial charge < -0.3 is 0 Å². The van der Waals surface area contributed by atoms with Crippen LogP contribution in [0.1, 0.15) is 16.7 Å². The highest BCUT2D eigenvalue weighted by atomic mass is 15.5. The quantitative estimate of drug-likeness (QED) is 0.446. The second kappa shape index (κ2) is 6.66. The molecule has 0 aromatic heterocycles. The van der Waals surface area contributed by atoms with Gasteiger partial charge in [-0.05, 0) is 35.7 Å². The molecule has 0 aliphatic heterocycles. The van der Waals surface area contributed by atoms with Crippen molar-refractivity contribution in [1.82, 2.24) is 5.01 Å². The van der Waals surface area contributed by atoms with Crippen LogP contribution < -0.4 is 0 Å². The van der Waals surface area contributed by atoms with Crippen LogP contribution in [0.2, 0.25) is 0 Å². The third-order valence-corrected chi connectivity index (χ3v) is 2.88. The summed E-state index contributed by atoms with van der Waals surface area (Å²) in [5.74, 6) is 0. The van der Waals surface area contributed by atoms with Gasteiger partial charge in [-0.3, -0.25) is 5.01 Å². The van der Waals surface area contributed by atoms with Crippen LogP contribution in [0.5, 0.6) is 0 Å². The summed E-state index contributed by atoms with van der Waals surface area (Å²) in [5.41, 5.74) is 4.52. The van der Waals surface area contributed by atoms with Gasteiger partial charge >= 0.3 is 0 Å². The lowest BCUT2D eigenvalue weighted by molar-refractivity contribution is 0.408. The molecule has 0 saturated heterocycles. The topological polar surface area (TPSA) is 28.0 Å². The van der Waals surface area contributed by atoms with Crippen LogP contribution in [0.15, 0.2) is 58.9 Å². The maximum absolute atomic E-state index is 4.11. The first-order valence-electron chi connectivity index (χ1n) is 6.58. The molecule has 3 heteroatoms. The van der Waals surface area contributed by atoms with Crippen molar-refractivity contribution in [2.45, 2.75) is 6.92 Å². The van der Waals surface area contributed by atoms with E-state index >= 15 is 0 Å². The zero-order valence-electron chi connectivity index (χ0n) is 12.1. The standard InChI is InChI=1S/C17H19N3/c1-14-6-4-5-7-16(14)11-8-15-9-12-17(13-10-15)18-19-20(2)3/h4-13H,1-3H3/b11-8-,19-18+. The summed E-state index contributed by atoms with van der Waals surface area (Å²) in [4.78, 5) is 0. The molecule has 3 nitrogen and oxygen atoms in total. The van der Waals surface area contributed by atoms with Crippen LogP contribution in [0, 0.1) is 6.92 Å². The summed E-state index contributed by atoms with van der Waals surface area (Å²) in [6.07, 6.45) is 4.24. The molecule has 2 aromatic carbocycles. The zero-order valence-corrected chi connectivity index (χ0v) is 12.1. The van der Waals surface area contributed by atoms with Crippen molar-refractivity contribution in [3.8, 4) is 0 Å². The minimum atomic E-state index is 0.853. The third kappa shape index (κ3) is 4.05. The van der Waals surface area contributed by atoms with Gasteiger partial charge in [0.25, 0.3) is 0 Å². The second-order valence-corrected chi connectivity index (χ2v) is 4.82. The lowest BCUT2D eigenvalue weighted by atomic mass is 10.1. The molecule has 0 amide bonds. The SMILES string of the molecule is Cc1ccccc1/C=C\c1ccc(/N=N/N(C)C)cc1. The summed E-state index contributed by atoms with van der Waals surface area (Å²) < 4.78 is 0. The Hall–Kier alpha value is -2.42. The molecular weight excluding hydrogens is 246 g/mol. The Labute approximate surface area is 120 Å². The molecule has 0 N–H and O–H groups in total. The van der Waals surface area contributed by atoms with Gasteiger partial charge in [0.1, 0.15) is 0 Å². The largest absolute Gasteiger partial charge is 0.285 e. The minimum absolute atomic E-state index is 0.853. The highest BCUT2D eigenvalue weighted by Crippen LogP contribution is 2.16. The van der Waals surface area contributed by atoms with E-state index in [2.05, 4.69) is 53.7 Å². The first-order chi connectivity index (χ1) is 9.65.